The van der Waals surface area contributed by atoms with Crippen LogP contribution < -0.4 is 5.32 Å². The molecule has 0 radical (unpaired) electrons. The molecule has 126 valence electrons. The number of sulfonamides is 1. The van der Waals surface area contributed by atoms with Crippen molar-refractivity contribution in [1.29, 1.82) is 0 Å². The molecule has 1 amide bonds. The molecule has 9 heteroatoms. The van der Waals surface area contributed by atoms with Gasteiger partial charge in [-0.2, -0.15) is 4.31 Å². The summed E-state index contributed by atoms with van der Waals surface area (Å²) in [6, 6.07) is 4.47. The summed E-state index contributed by atoms with van der Waals surface area (Å²) in [6.07, 6.45) is 0. The van der Waals surface area contributed by atoms with Gasteiger partial charge in [-0.25, -0.2) is 8.42 Å². The first-order valence-corrected chi connectivity index (χ1v) is 8.48. The maximum atomic E-state index is 12.5. The third-order valence-corrected chi connectivity index (χ3v) is 5.32. The molecular formula is C14H18N2O6S. The Morgan fingerprint density at radius 3 is 2.57 bits per heavy atom. The summed E-state index contributed by atoms with van der Waals surface area (Å²) < 4.78 is 31.5. The van der Waals surface area contributed by atoms with Gasteiger partial charge < -0.3 is 15.2 Å². The molecule has 8 nitrogen and oxygen atoms in total. The lowest BCUT2D eigenvalue weighted by Crippen LogP contribution is -2.41. The van der Waals surface area contributed by atoms with Crippen molar-refractivity contribution in [3.63, 3.8) is 0 Å². The van der Waals surface area contributed by atoms with Crippen LogP contribution in [0.1, 0.15) is 17.3 Å². The summed E-state index contributed by atoms with van der Waals surface area (Å²) in [5.74, 6) is -1.81. The number of morpholine rings is 1. The lowest BCUT2D eigenvalue weighted by atomic mass is 10.2. The number of hydrogen-bond acceptors (Lipinski definition) is 5. The first-order chi connectivity index (χ1) is 10.8. The first-order valence-electron chi connectivity index (χ1n) is 7.04. The molecule has 0 aromatic heterocycles. The van der Waals surface area contributed by atoms with E-state index in [2.05, 4.69) is 5.32 Å². The molecule has 0 spiro atoms. The number of amides is 1. The Labute approximate surface area is 134 Å². The number of carbonyl (C=O) groups is 2. The van der Waals surface area contributed by atoms with Crippen molar-refractivity contribution in [3.8, 4) is 0 Å². The fraction of sp³-hybridized carbons (Fsp3) is 0.429. The average molecular weight is 342 g/mol. The zero-order chi connectivity index (χ0) is 17.0. The second-order valence-corrected chi connectivity index (χ2v) is 7.02. The van der Waals surface area contributed by atoms with E-state index in [0.29, 0.717) is 13.2 Å². The van der Waals surface area contributed by atoms with Gasteiger partial charge in [0.2, 0.25) is 10.0 Å². The number of rotatable bonds is 5. The van der Waals surface area contributed by atoms with Crippen LogP contribution in [0.25, 0.3) is 0 Å². The van der Waals surface area contributed by atoms with Gasteiger partial charge in [0, 0.05) is 18.7 Å². The molecule has 1 fully saturated rings. The fourth-order valence-electron chi connectivity index (χ4n) is 2.08. The number of carbonyl (C=O) groups excluding carboxylic acids is 1. The van der Waals surface area contributed by atoms with Crippen LogP contribution in [0.2, 0.25) is 0 Å². The number of nitrogens with zero attached hydrogens (tertiary/aromatic N) is 1. The highest BCUT2D eigenvalue weighted by Gasteiger charge is 2.27. The predicted molar refractivity (Wildman–Crippen MR) is 80.6 cm³/mol. The molecule has 0 aliphatic carbocycles. The Kier molecular flexibility index (Phi) is 5.34. The Balaban J connectivity index is 2.22. The SMILES string of the molecule is CC(NC(=O)c1cccc(S(=O)(=O)N2CCOCC2)c1)C(=O)O. The van der Waals surface area contributed by atoms with E-state index in [0.717, 1.165) is 0 Å². The molecule has 2 rings (SSSR count). The van der Waals surface area contributed by atoms with E-state index in [4.69, 9.17) is 9.84 Å². The second kappa shape index (κ2) is 7.07. The van der Waals surface area contributed by atoms with E-state index in [-0.39, 0.29) is 23.5 Å². The molecule has 0 bridgehead atoms. The summed E-state index contributed by atoms with van der Waals surface area (Å²) in [4.78, 5) is 22.8. The normalized spacial score (nSPS) is 17.4. The van der Waals surface area contributed by atoms with Crippen molar-refractivity contribution in [1.82, 2.24) is 9.62 Å². The van der Waals surface area contributed by atoms with Gasteiger partial charge in [-0.15, -0.1) is 0 Å². The molecule has 0 saturated carbocycles. The number of ether oxygens (including phenoxy) is 1. The Morgan fingerprint density at radius 1 is 1.30 bits per heavy atom. The van der Waals surface area contributed by atoms with Gasteiger partial charge in [0.25, 0.3) is 5.91 Å². The molecule has 1 unspecified atom stereocenters. The Bertz CT molecular complexity index is 697. The lowest BCUT2D eigenvalue weighted by molar-refractivity contribution is -0.138. The Hall–Kier alpha value is -1.97. The summed E-state index contributed by atoms with van der Waals surface area (Å²) in [7, 11) is -3.71. The summed E-state index contributed by atoms with van der Waals surface area (Å²) in [5.41, 5.74) is 0.0902. The largest absolute Gasteiger partial charge is 0.480 e. The summed E-state index contributed by atoms with van der Waals surface area (Å²) in [5, 5.41) is 11.1. The molecule has 2 N–H and O–H groups in total. The van der Waals surface area contributed by atoms with E-state index in [1.165, 1.54) is 35.5 Å². The zero-order valence-electron chi connectivity index (χ0n) is 12.6. The first kappa shape index (κ1) is 17.4. The minimum absolute atomic E-state index is 0.00460. The number of aliphatic carboxylic acids is 1. The van der Waals surface area contributed by atoms with Crippen LogP contribution in [0.4, 0.5) is 0 Å². The third-order valence-electron chi connectivity index (χ3n) is 3.42. The van der Waals surface area contributed by atoms with Gasteiger partial charge >= 0.3 is 5.97 Å². The minimum Gasteiger partial charge on any atom is -0.480 e. The molecule has 1 aliphatic rings. The van der Waals surface area contributed by atoms with E-state index < -0.39 is 27.9 Å². The van der Waals surface area contributed by atoms with Crippen LogP contribution in [-0.2, 0) is 19.6 Å². The van der Waals surface area contributed by atoms with Gasteiger partial charge in [0.15, 0.2) is 0 Å². The van der Waals surface area contributed by atoms with Crippen LogP contribution in [0.15, 0.2) is 29.2 Å². The molecule has 1 atom stereocenters. The van der Waals surface area contributed by atoms with Gasteiger partial charge in [-0.3, -0.25) is 9.59 Å². The van der Waals surface area contributed by atoms with E-state index in [1.54, 1.807) is 0 Å². The number of carboxylic acids is 1. The quantitative estimate of drug-likeness (QED) is 0.773. The van der Waals surface area contributed by atoms with Gasteiger partial charge in [-0.05, 0) is 25.1 Å². The summed E-state index contributed by atoms with van der Waals surface area (Å²) in [6.45, 7) is 2.50. The van der Waals surface area contributed by atoms with Gasteiger partial charge in [-0.1, -0.05) is 6.07 Å². The third kappa shape index (κ3) is 4.06. The molecule has 1 saturated heterocycles. The highest BCUT2D eigenvalue weighted by molar-refractivity contribution is 7.89. The zero-order valence-corrected chi connectivity index (χ0v) is 13.4. The number of benzene rings is 1. The molecule has 1 aromatic rings. The predicted octanol–water partition coefficient (Wildman–Crippen LogP) is -0.0896. The van der Waals surface area contributed by atoms with Gasteiger partial charge in [0.05, 0.1) is 18.1 Å². The molecule has 1 aromatic carbocycles. The van der Waals surface area contributed by atoms with E-state index >= 15 is 0 Å². The van der Waals surface area contributed by atoms with Crippen molar-refractivity contribution in [2.24, 2.45) is 0 Å². The highest BCUT2D eigenvalue weighted by atomic mass is 32.2. The van der Waals surface area contributed by atoms with Crippen molar-refractivity contribution in [2.45, 2.75) is 17.9 Å². The lowest BCUT2D eigenvalue weighted by Gasteiger charge is -2.26. The van der Waals surface area contributed by atoms with Crippen LogP contribution >= 0.6 is 0 Å². The maximum absolute atomic E-state index is 12.5. The molecule has 1 heterocycles. The van der Waals surface area contributed by atoms with Crippen molar-refractivity contribution in [3.05, 3.63) is 29.8 Å². The van der Waals surface area contributed by atoms with Gasteiger partial charge in [0.1, 0.15) is 6.04 Å². The Morgan fingerprint density at radius 2 is 1.96 bits per heavy atom. The van der Waals surface area contributed by atoms with Crippen LogP contribution in [-0.4, -0.2) is 62.1 Å². The maximum Gasteiger partial charge on any atom is 0.325 e. The van der Waals surface area contributed by atoms with Crippen LogP contribution in [0, 0.1) is 0 Å². The molecule has 1 aliphatic heterocycles. The summed E-state index contributed by atoms with van der Waals surface area (Å²) >= 11 is 0. The smallest absolute Gasteiger partial charge is 0.325 e. The minimum atomic E-state index is -3.71. The van der Waals surface area contributed by atoms with Crippen molar-refractivity contribution in [2.75, 3.05) is 26.3 Å². The topological polar surface area (TPSA) is 113 Å². The van der Waals surface area contributed by atoms with Crippen LogP contribution in [0.3, 0.4) is 0 Å². The molecule has 23 heavy (non-hydrogen) atoms. The van der Waals surface area contributed by atoms with E-state index in [1.807, 2.05) is 0 Å². The molecular weight excluding hydrogens is 324 g/mol. The standard InChI is InChI=1S/C14H18N2O6S/c1-10(14(18)19)15-13(17)11-3-2-4-12(9-11)23(20,21)16-5-7-22-8-6-16/h2-4,9-10H,5-8H2,1H3,(H,15,17)(H,18,19). The monoisotopic (exact) mass is 342 g/mol. The van der Waals surface area contributed by atoms with E-state index in [9.17, 15) is 18.0 Å². The number of hydrogen-bond donors (Lipinski definition) is 2. The number of nitrogens with one attached hydrogen (secondary N) is 1. The highest BCUT2D eigenvalue weighted by Crippen LogP contribution is 2.18. The number of carboxylic acid groups (broad SMARTS) is 1. The van der Waals surface area contributed by atoms with Crippen LogP contribution in [0.5, 0.6) is 0 Å². The van der Waals surface area contributed by atoms with Crippen molar-refractivity contribution >= 4 is 21.9 Å². The fourth-order valence-corrected chi connectivity index (χ4v) is 3.53. The second-order valence-electron chi connectivity index (χ2n) is 5.08. The van der Waals surface area contributed by atoms with Crippen molar-refractivity contribution < 1.29 is 27.9 Å². The average Bonchev–Trinajstić information content (AvgIpc) is 2.55.